The van der Waals surface area contributed by atoms with Gasteiger partial charge in [-0.1, -0.05) is 36.4 Å². The van der Waals surface area contributed by atoms with Crippen molar-refractivity contribution >= 4 is 5.91 Å². The van der Waals surface area contributed by atoms with Gasteiger partial charge in [0, 0.05) is 36.2 Å². The van der Waals surface area contributed by atoms with E-state index in [0.717, 1.165) is 17.7 Å². The van der Waals surface area contributed by atoms with Crippen LogP contribution in [0.2, 0.25) is 0 Å². The second-order valence-electron chi connectivity index (χ2n) is 5.91. The highest BCUT2D eigenvalue weighted by Gasteiger charge is 2.08. The molecule has 27 heavy (non-hydrogen) atoms. The third kappa shape index (κ3) is 4.84. The van der Waals surface area contributed by atoms with Gasteiger partial charge in [-0.05, 0) is 12.1 Å². The number of halogens is 2. The Morgan fingerprint density at radius 1 is 1.04 bits per heavy atom. The van der Waals surface area contributed by atoms with Gasteiger partial charge in [0.1, 0.15) is 11.6 Å². The largest absolute Gasteiger partial charge is 0.352 e. The quantitative estimate of drug-likeness (QED) is 0.727. The predicted molar refractivity (Wildman–Crippen MR) is 96.8 cm³/mol. The molecule has 0 spiro atoms. The number of hydrogen-bond donors (Lipinski definition) is 1. The van der Waals surface area contributed by atoms with Crippen LogP contribution in [0.15, 0.2) is 65.5 Å². The van der Waals surface area contributed by atoms with Crippen molar-refractivity contribution in [2.24, 2.45) is 0 Å². The highest BCUT2D eigenvalue weighted by molar-refractivity contribution is 5.75. The van der Waals surface area contributed by atoms with E-state index in [1.165, 1.54) is 16.8 Å². The van der Waals surface area contributed by atoms with E-state index in [-0.39, 0.29) is 36.5 Å². The van der Waals surface area contributed by atoms with E-state index < -0.39 is 11.6 Å². The molecule has 0 radical (unpaired) electrons. The standard InChI is InChI=1S/C20H17F2N3O2/c21-16-7-6-15(17(22)12-16)13-23-19(26)10-11-25-20(27)9-8-18(24-25)14-4-2-1-3-5-14/h1-9,12H,10-11,13H2,(H,23,26). The lowest BCUT2D eigenvalue weighted by molar-refractivity contribution is -0.121. The molecule has 3 rings (SSSR count). The molecule has 1 amide bonds. The molecule has 1 heterocycles. The molecule has 0 aliphatic carbocycles. The van der Waals surface area contributed by atoms with E-state index in [2.05, 4.69) is 10.4 Å². The molecule has 0 saturated carbocycles. The zero-order valence-electron chi connectivity index (χ0n) is 14.4. The van der Waals surface area contributed by atoms with Crippen LogP contribution < -0.4 is 10.9 Å². The zero-order chi connectivity index (χ0) is 19.2. The molecule has 5 nitrogen and oxygen atoms in total. The summed E-state index contributed by atoms with van der Waals surface area (Å²) in [6.07, 6.45) is 0.00790. The summed E-state index contributed by atoms with van der Waals surface area (Å²) < 4.78 is 27.7. The normalized spacial score (nSPS) is 10.6. The van der Waals surface area contributed by atoms with Crippen molar-refractivity contribution in [1.29, 1.82) is 0 Å². The lowest BCUT2D eigenvalue weighted by atomic mass is 10.1. The highest BCUT2D eigenvalue weighted by atomic mass is 19.1. The van der Waals surface area contributed by atoms with Gasteiger partial charge in [-0.3, -0.25) is 9.59 Å². The number of aryl methyl sites for hydroxylation is 1. The van der Waals surface area contributed by atoms with Gasteiger partial charge in [-0.2, -0.15) is 5.10 Å². The Labute approximate surface area is 154 Å². The van der Waals surface area contributed by atoms with Crippen LogP contribution in [-0.2, 0) is 17.9 Å². The van der Waals surface area contributed by atoms with Gasteiger partial charge in [0.2, 0.25) is 5.91 Å². The molecule has 7 heteroatoms. The van der Waals surface area contributed by atoms with Crippen molar-refractivity contribution in [1.82, 2.24) is 15.1 Å². The first kappa shape index (κ1) is 18.4. The first-order valence-corrected chi connectivity index (χ1v) is 8.37. The Morgan fingerprint density at radius 2 is 1.81 bits per heavy atom. The number of aromatic nitrogens is 2. The molecule has 0 saturated heterocycles. The molecular formula is C20H17F2N3O2. The van der Waals surface area contributed by atoms with Crippen LogP contribution in [0.25, 0.3) is 11.3 Å². The van der Waals surface area contributed by atoms with Crippen LogP contribution in [0.4, 0.5) is 8.78 Å². The first-order valence-electron chi connectivity index (χ1n) is 8.37. The zero-order valence-corrected chi connectivity index (χ0v) is 14.4. The van der Waals surface area contributed by atoms with Crippen LogP contribution in [0, 0.1) is 11.6 Å². The van der Waals surface area contributed by atoms with Crippen LogP contribution in [0.1, 0.15) is 12.0 Å². The summed E-state index contributed by atoms with van der Waals surface area (Å²) in [6.45, 7) is 0.0363. The number of amides is 1. The molecule has 0 bridgehead atoms. The molecule has 0 aliphatic heterocycles. The summed E-state index contributed by atoms with van der Waals surface area (Å²) in [4.78, 5) is 23.9. The van der Waals surface area contributed by atoms with Gasteiger partial charge < -0.3 is 5.32 Å². The van der Waals surface area contributed by atoms with Crippen molar-refractivity contribution in [3.8, 4) is 11.3 Å². The van der Waals surface area contributed by atoms with Crippen LogP contribution >= 0.6 is 0 Å². The van der Waals surface area contributed by atoms with Gasteiger partial charge >= 0.3 is 0 Å². The smallest absolute Gasteiger partial charge is 0.266 e. The number of benzene rings is 2. The predicted octanol–water partition coefficient (Wildman–Crippen LogP) is 2.90. The Bertz CT molecular complexity index is 1000. The van der Waals surface area contributed by atoms with E-state index in [4.69, 9.17) is 0 Å². The number of carbonyl (C=O) groups excluding carboxylic acids is 1. The molecule has 0 atom stereocenters. The molecule has 0 aliphatic rings. The van der Waals surface area contributed by atoms with Crippen LogP contribution in [-0.4, -0.2) is 15.7 Å². The van der Waals surface area contributed by atoms with Crippen molar-refractivity contribution < 1.29 is 13.6 Å². The number of nitrogens with one attached hydrogen (secondary N) is 1. The summed E-state index contributed by atoms with van der Waals surface area (Å²) in [6, 6.07) is 15.6. The molecule has 1 aromatic heterocycles. The Balaban J connectivity index is 1.61. The molecule has 3 aromatic rings. The van der Waals surface area contributed by atoms with E-state index in [1.807, 2.05) is 30.3 Å². The minimum absolute atomic E-state index is 0.00790. The maximum absolute atomic E-state index is 13.6. The number of hydrogen-bond acceptors (Lipinski definition) is 3. The Morgan fingerprint density at radius 3 is 2.56 bits per heavy atom. The summed E-state index contributed by atoms with van der Waals surface area (Å²) >= 11 is 0. The fraction of sp³-hybridized carbons (Fsp3) is 0.150. The first-order chi connectivity index (χ1) is 13.0. The SMILES string of the molecule is O=C(CCn1nc(-c2ccccc2)ccc1=O)NCc1ccc(F)cc1F. The number of carbonyl (C=O) groups is 1. The fourth-order valence-corrected chi connectivity index (χ4v) is 2.53. The third-order valence-electron chi connectivity index (χ3n) is 3.98. The Hall–Kier alpha value is -3.35. The lowest BCUT2D eigenvalue weighted by Gasteiger charge is -2.09. The maximum atomic E-state index is 13.6. The van der Waals surface area contributed by atoms with E-state index in [1.54, 1.807) is 6.07 Å². The van der Waals surface area contributed by atoms with Gasteiger partial charge in [0.15, 0.2) is 0 Å². The number of nitrogens with zero attached hydrogens (tertiary/aromatic N) is 2. The number of rotatable bonds is 6. The topological polar surface area (TPSA) is 64.0 Å². The molecule has 138 valence electrons. The van der Waals surface area contributed by atoms with E-state index in [9.17, 15) is 18.4 Å². The van der Waals surface area contributed by atoms with Crippen LogP contribution in [0.5, 0.6) is 0 Å². The van der Waals surface area contributed by atoms with Gasteiger partial charge in [-0.15, -0.1) is 0 Å². The molecule has 1 N–H and O–H groups in total. The summed E-state index contributed by atoms with van der Waals surface area (Å²) in [5, 5.41) is 6.83. The minimum Gasteiger partial charge on any atom is -0.352 e. The molecule has 2 aromatic carbocycles. The fourth-order valence-electron chi connectivity index (χ4n) is 2.53. The van der Waals surface area contributed by atoms with E-state index in [0.29, 0.717) is 5.69 Å². The molecule has 0 unspecified atom stereocenters. The summed E-state index contributed by atoms with van der Waals surface area (Å²) in [7, 11) is 0. The monoisotopic (exact) mass is 369 g/mol. The van der Waals surface area contributed by atoms with Gasteiger partial charge in [0.05, 0.1) is 12.2 Å². The maximum Gasteiger partial charge on any atom is 0.266 e. The average Bonchev–Trinajstić information content (AvgIpc) is 2.67. The Kier molecular flexibility index (Phi) is 5.71. The van der Waals surface area contributed by atoms with Crippen LogP contribution in [0.3, 0.4) is 0 Å². The van der Waals surface area contributed by atoms with Crippen molar-refractivity contribution in [2.75, 3.05) is 0 Å². The molecular weight excluding hydrogens is 352 g/mol. The van der Waals surface area contributed by atoms with E-state index >= 15 is 0 Å². The van der Waals surface area contributed by atoms with Gasteiger partial charge in [-0.25, -0.2) is 13.5 Å². The average molecular weight is 369 g/mol. The second-order valence-corrected chi connectivity index (χ2v) is 5.91. The third-order valence-corrected chi connectivity index (χ3v) is 3.98. The van der Waals surface area contributed by atoms with Crippen molar-refractivity contribution in [3.05, 3.63) is 88.2 Å². The summed E-state index contributed by atoms with van der Waals surface area (Å²) in [5.41, 5.74) is 1.37. The molecule has 0 fully saturated rings. The highest BCUT2D eigenvalue weighted by Crippen LogP contribution is 2.14. The van der Waals surface area contributed by atoms with Crippen molar-refractivity contribution in [3.63, 3.8) is 0 Å². The van der Waals surface area contributed by atoms with Crippen molar-refractivity contribution in [2.45, 2.75) is 19.5 Å². The summed E-state index contributed by atoms with van der Waals surface area (Å²) in [5.74, 6) is -1.76. The second kappa shape index (κ2) is 8.35. The lowest BCUT2D eigenvalue weighted by Crippen LogP contribution is -2.28. The minimum atomic E-state index is -0.719. The van der Waals surface area contributed by atoms with Gasteiger partial charge in [0.25, 0.3) is 5.56 Å².